The molecule has 2 aromatic rings. The smallest absolute Gasteiger partial charge is 0.265 e. The van der Waals surface area contributed by atoms with E-state index in [2.05, 4.69) is 5.32 Å². The molecule has 1 amide bonds. The molecule has 22 heavy (non-hydrogen) atoms. The molecular formula is C16H18Cl2N2OS. The van der Waals surface area contributed by atoms with Crippen LogP contribution in [0.25, 0.3) is 10.1 Å². The Morgan fingerprint density at radius 3 is 2.77 bits per heavy atom. The third kappa shape index (κ3) is 3.11. The maximum atomic E-state index is 12.7. The number of hydrogen-bond donors (Lipinski definition) is 1. The van der Waals surface area contributed by atoms with Crippen molar-refractivity contribution in [1.82, 2.24) is 10.2 Å². The fourth-order valence-electron chi connectivity index (χ4n) is 2.95. The molecule has 3 rings (SSSR count). The Balaban J connectivity index is 1.79. The van der Waals surface area contributed by atoms with E-state index in [-0.39, 0.29) is 5.91 Å². The van der Waals surface area contributed by atoms with Gasteiger partial charge in [-0.2, -0.15) is 0 Å². The average molecular weight is 357 g/mol. The van der Waals surface area contributed by atoms with Crippen LogP contribution in [0.15, 0.2) is 18.2 Å². The Labute approximate surface area is 144 Å². The van der Waals surface area contributed by atoms with Gasteiger partial charge in [0.15, 0.2) is 0 Å². The molecule has 0 saturated carbocycles. The molecule has 1 aliphatic rings. The zero-order valence-electron chi connectivity index (χ0n) is 12.4. The van der Waals surface area contributed by atoms with Crippen molar-refractivity contribution in [1.29, 1.82) is 0 Å². The fourth-order valence-corrected chi connectivity index (χ4v) is 4.71. The summed E-state index contributed by atoms with van der Waals surface area (Å²) in [6.07, 6.45) is 2.09. The molecule has 118 valence electrons. The predicted molar refractivity (Wildman–Crippen MR) is 94.4 cm³/mol. The summed E-state index contributed by atoms with van der Waals surface area (Å²) in [5.74, 6) is 0.705. The van der Waals surface area contributed by atoms with Crippen LogP contribution in [-0.2, 0) is 0 Å². The molecule has 0 atom stereocenters. The molecule has 6 heteroatoms. The molecular weight excluding hydrogens is 339 g/mol. The van der Waals surface area contributed by atoms with Crippen molar-refractivity contribution in [3.63, 3.8) is 0 Å². The molecule has 0 spiro atoms. The number of carbonyl (C=O) groups excluding carboxylic acids is 1. The van der Waals surface area contributed by atoms with Crippen molar-refractivity contribution in [3.05, 3.63) is 33.1 Å². The summed E-state index contributed by atoms with van der Waals surface area (Å²) in [5.41, 5.74) is 0. The number of benzene rings is 1. The lowest BCUT2D eigenvalue weighted by Gasteiger charge is -2.31. The van der Waals surface area contributed by atoms with Gasteiger partial charge in [0.25, 0.3) is 5.91 Å². The summed E-state index contributed by atoms with van der Waals surface area (Å²) >= 11 is 13.9. The summed E-state index contributed by atoms with van der Waals surface area (Å²) in [7, 11) is 1.97. The summed E-state index contributed by atoms with van der Waals surface area (Å²) in [6.45, 7) is 2.62. The van der Waals surface area contributed by atoms with Crippen LogP contribution < -0.4 is 5.32 Å². The van der Waals surface area contributed by atoms with Gasteiger partial charge in [0.05, 0.1) is 5.02 Å². The van der Waals surface area contributed by atoms with E-state index in [9.17, 15) is 4.79 Å². The van der Waals surface area contributed by atoms with E-state index in [1.807, 2.05) is 24.1 Å². The van der Waals surface area contributed by atoms with Crippen LogP contribution in [0, 0.1) is 5.92 Å². The van der Waals surface area contributed by atoms with Gasteiger partial charge in [-0.1, -0.05) is 29.3 Å². The van der Waals surface area contributed by atoms with Gasteiger partial charge in [0.2, 0.25) is 0 Å². The maximum absolute atomic E-state index is 12.7. The first-order valence-corrected chi connectivity index (χ1v) is 8.99. The van der Waals surface area contributed by atoms with Crippen molar-refractivity contribution in [3.8, 4) is 0 Å². The second kappa shape index (κ2) is 6.75. The number of rotatable bonds is 3. The average Bonchev–Trinajstić information content (AvgIpc) is 2.84. The van der Waals surface area contributed by atoms with E-state index < -0.39 is 0 Å². The minimum Gasteiger partial charge on any atom is -0.338 e. The molecule has 1 aliphatic heterocycles. The van der Waals surface area contributed by atoms with E-state index in [1.54, 1.807) is 6.07 Å². The number of piperidine rings is 1. The Morgan fingerprint density at radius 1 is 1.36 bits per heavy atom. The zero-order valence-corrected chi connectivity index (χ0v) is 14.7. The monoisotopic (exact) mass is 356 g/mol. The van der Waals surface area contributed by atoms with Crippen molar-refractivity contribution < 1.29 is 4.79 Å². The molecule has 1 fully saturated rings. The number of thiophene rings is 1. The van der Waals surface area contributed by atoms with Crippen LogP contribution in [0.1, 0.15) is 22.5 Å². The largest absolute Gasteiger partial charge is 0.338 e. The molecule has 0 aliphatic carbocycles. The second-order valence-corrected chi connectivity index (χ2v) is 7.55. The number of amides is 1. The first-order valence-electron chi connectivity index (χ1n) is 7.41. The van der Waals surface area contributed by atoms with E-state index in [0.717, 1.165) is 42.6 Å². The number of fused-ring (bicyclic) bond motifs is 1. The molecule has 0 bridgehead atoms. The van der Waals surface area contributed by atoms with Crippen molar-refractivity contribution in [2.45, 2.75) is 12.8 Å². The Hall–Kier alpha value is -0.810. The Morgan fingerprint density at radius 2 is 2.09 bits per heavy atom. The first kappa shape index (κ1) is 16.1. The van der Waals surface area contributed by atoms with Crippen LogP contribution in [0.2, 0.25) is 10.0 Å². The van der Waals surface area contributed by atoms with Gasteiger partial charge in [-0.3, -0.25) is 4.79 Å². The van der Waals surface area contributed by atoms with E-state index in [4.69, 9.17) is 23.2 Å². The van der Waals surface area contributed by atoms with Gasteiger partial charge in [0.1, 0.15) is 4.88 Å². The SMILES string of the molecule is CNCC1CCN(C(=O)c2sc3cc(Cl)ccc3c2Cl)CC1. The van der Waals surface area contributed by atoms with Gasteiger partial charge in [-0.05, 0) is 44.5 Å². The lowest BCUT2D eigenvalue weighted by molar-refractivity contribution is 0.0696. The molecule has 1 aromatic heterocycles. The number of halogens is 2. The zero-order chi connectivity index (χ0) is 15.7. The topological polar surface area (TPSA) is 32.3 Å². The molecule has 1 saturated heterocycles. The number of nitrogens with zero attached hydrogens (tertiary/aromatic N) is 1. The van der Waals surface area contributed by atoms with Gasteiger partial charge >= 0.3 is 0 Å². The van der Waals surface area contributed by atoms with Gasteiger partial charge in [0, 0.05) is 28.2 Å². The molecule has 1 aromatic carbocycles. The van der Waals surface area contributed by atoms with Crippen LogP contribution in [0.3, 0.4) is 0 Å². The summed E-state index contributed by atoms with van der Waals surface area (Å²) in [5, 5.41) is 5.34. The molecule has 1 N–H and O–H groups in total. The molecule has 0 unspecified atom stereocenters. The van der Waals surface area contributed by atoms with Crippen LogP contribution >= 0.6 is 34.5 Å². The fraction of sp³-hybridized carbons (Fsp3) is 0.438. The quantitative estimate of drug-likeness (QED) is 0.889. The summed E-state index contributed by atoms with van der Waals surface area (Å²) in [4.78, 5) is 15.3. The van der Waals surface area contributed by atoms with Crippen molar-refractivity contribution in [2.75, 3.05) is 26.7 Å². The van der Waals surface area contributed by atoms with Gasteiger partial charge in [-0.15, -0.1) is 11.3 Å². The highest BCUT2D eigenvalue weighted by Crippen LogP contribution is 2.37. The lowest BCUT2D eigenvalue weighted by atomic mass is 9.97. The normalized spacial score (nSPS) is 16.4. The molecule has 3 nitrogen and oxygen atoms in total. The minimum atomic E-state index is 0.0465. The van der Waals surface area contributed by atoms with Crippen molar-refractivity contribution in [2.24, 2.45) is 5.92 Å². The highest BCUT2D eigenvalue weighted by atomic mass is 35.5. The second-order valence-electron chi connectivity index (χ2n) is 5.68. The highest BCUT2D eigenvalue weighted by molar-refractivity contribution is 7.21. The van der Waals surface area contributed by atoms with E-state index >= 15 is 0 Å². The van der Waals surface area contributed by atoms with Crippen LogP contribution in [-0.4, -0.2) is 37.5 Å². The number of hydrogen-bond acceptors (Lipinski definition) is 3. The summed E-state index contributed by atoms with van der Waals surface area (Å²) < 4.78 is 0.964. The van der Waals surface area contributed by atoms with Crippen LogP contribution in [0.4, 0.5) is 0 Å². The summed E-state index contributed by atoms with van der Waals surface area (Å²) in [6, 6.07) is 5.55. The van der Waals surface area contributed by atoms with Gasteiger partial charge in [-0.25, -0.2) is 0 Å². The number of likely N-dealkylation sites (tertiary alicyclic amines) is 1. The lowest BCUT2D eigenvalue weighted by Crippen LogP contribution is -2.40. The van der Waals surface area contributed by atoms with E-state index in [0.29, 0.717) is 20.8 Å². The Bertz CT molecular complexity index is 693. The van der Waals surface area contributed by atoms with E-state index in [1.165, 1.54) is 11.3 Å². The molecule has 2 heterocycles. The highest BCUT2D eigenvalue weighted by Gasteiger charge is 2.26. The number of carbonyl (C=O) groups is 1. The predicted octanol–water partition coefficient (Wildman–Crippen LogP) is 4.28. The third-order valence-corrected chi connectivity index (χ3v) is 6.06. The minimum absolute atomic E-state index is 0.0465. The van der Waals surface area contributed by atoms with Crippen molar-refractivity contribution >= 4 is 50.5 Å². The number of nitrogens with one attached hydrogen (secondary N) is 1. The maximum Gasteiger partial charge on any atom is 0.265 e. The van der Waals surface area contributed by atoms with Gasteiger partial charge < -0.3 is 10.2 Å². The van der Waals surface area contributed by atoms with Crippen LogP contribution in [0.5, 0.6) is 0 Å². The first-order chi connectivity index (χ1) is 10.6. The third-order valence-electron chi connectivity index (χ3n) is 4.18. The standard InChI is InChI=1S/C16H18Cl2N2OS/c1-19-9-10-4-6-20(7-5-10)16(21)15-14(18)12-3-2-11(17)8-13(12)22-15/h2-3,8,10,19H,4-7,9H2,1H3. The Kier molecular flexibility index (Phi) is 4.93. The molecule has 0 radical (unpaired) electrons.